The summed E-state index contributed by atoms with van der Waals surface area (Å²) in [6, 6.07) is 9.40. The zero-order valence-corrected chi connectivity index (χ0v) is 13.8. The number of carbonyl (C=O) groups excluding carboxylic acids is 1. The molecule has 0 atom stereocenters. The molecule has 0 saturated heterocycles. The molecule has 0 fully saturated rings. The highest BCUT2D eigenvalue weighted by molar-refractivity contribution is 7.18. The summed E-state index contributed by atoms with van der Waals surface area (Å²) in [5.74, 6) is -0.242. The summed E-state index contributed by atoms with van der Waals surface area (Å²) in [5, 5.41) is 3.41. The average molecular weight is 327 g/mol. The smallest absolute Gasteiger partial charge is 0.262 e. The molecule has 5 nitrogen and oxygen atoms in total. The number of benzene rings is 1. The SMILES string of the molecule is CCc1cc2c(=O)n(CC(=O)Nc3ccccc3C)cnc2s1. The number of fused-ring (bicyclic) bond motifs is 1. The molecule has 3 rings (SSSR count). The molecule has 0 spiro atoms. The van der Waals surface area contributed by atoms with Gasteiger partial charge in [0.25, 0.3) is 5.56 Å². The third-order valence-electron chi connectivity index (χ3n) is 3.65. The average Bonchev–Trinajstić information content (AvgIpc) is 2.96. The maximum atomic E-state index is 12.5. The summed E-state index contributed by atoms with van der Waals surface area (Å²) < 4.78 is 1.35. The van der Waals surface area contributed by atoms with Gasteiger partial charge in [0, 0.05) is 10.6 Å². The third kappa shape index (κ3) is 3.17. The Morgan fingerprint density at radius 2 is 2.13 bits per heavy atom. The summed E-state index contributed by atoms with van der Waals surface area (Å²) >= 11 is 1.52. The second-order valence-electron chi connectivity index (χ2n) is 5.33. The molecule has 118 valence electrons. The van der Waals surface area contributed by atoms with Crippen molar-refractivity contribution in [2.45, 2.75) is 26.8 Å². The second-order valence-corrected chi connectivity index (χ2v) is 6.44. The lowest BCUT2D eigenvalue weighted by atomic mass is 10.2. The first-order chi connectivity index (χ1) is 11.1. The van der Waals surface area contributed by atoms with Crippen LogP contribution in [0.2, 0.25) is 0 Å². The Labute approximate surface area is 137 Å². The van der Waals surface area contributed by atoms with Crippen molar-refractivity contribution in [3.05, 3.63) is 57.5 Å². The van der Waals surface area contributed by atoms with Gasteiger partial charge in [0.15, 0.2) is 0 Å². The van der Waals surface area contributed by atoms with E-state index in [1.807, 2.05) is 44.2 Å². The van der Waals surface area contributed by atoms with Gasteiger partial charge in [-0.25, -0.2) is 4.98 Å². The Kier molecular flexibility index (Phi) is 4.25. The molecule has 23 heavy (non-hydrogen) atoms. The quantitative estimate of drug-likeness (QED) is 0.801. The highest BCUT2D eigenvalue weighted by atomic mass is 32.1. The number of rotatable bonds is 4. The number of nitrogens with one attached hydrogen (secondary N) is 1. The van der Waals surface area contributed by atoms with Crippen LogP contribution in [-0.2, 0) is 17.8 Å². The second kappa shape index (κ2) is 6.34. The van der Waals surface area contributed by atoms with Crippen LogP contribution in [0.25, 0.3) is 10.2 Å². The van der Waals surface area contributed by atoms with Gasteiger partial charge in [0.05, 0.1) is 11.7 Å². The number of carbonyl (C=O) groups is 1. The summed E-state index contributed by atoms with van der Waals surface area (Å²) in [4.78, 5) is 30.8. The molecule has 6 heteroatoms. The van der Waals surface area contributed by atoms with Crippen molar-refractivity contribution in [3.8, 4) is 0 Å². The van der Waals surface area contributed by atoms with E-state index in [0.717, 1.165) is 27.4 Å². The predicted octanol–water partition coefficient (Wildman–Crippen LogP) is 2.97. The number of nitrogens with zero attached hydrogens (tertiary/aromatic N) is 2. The number of amides is 1. The summed E-state index contributed by atoms with van der Waals surface area (Å²) in [7, 11) is 0. The van der Waals surface area contributed by atoms with Crippen LogP contribution < -0.4 is 10.9 Å². The van der Waals surface area contributed by atoms with Gasteiger partial charge in [-0.1, -0.05) is 25.1 Å². The van der Waals surface area contributed by atoms with Crippen molar-refractivity contribution in [2.24, 2.45) is 0 Å². The van der Waals surface area contributed by atoms with Gasteiger partial charge in [-0.3, -0.25) is 14.2 Å². The predicted molar refractivity (Wildman–Crippen MR) is 93.1 cm³/mol. The minimum atomic E-state index is -0.242. The molecule has 0 radical (unpaired) electrons. The zero-order valence-electron chi connectivity index (χ0n) is 13.0. The molecule has 1 amide bonds. The lowest BCUT2D eigenvalue weighted by Crippen LogP contribution is -2.27. The van der Waals surface area contributed by atoms with Gasteiger partial charge in [0.1, 0.15) is 11.4 Å². The van der Waals surface area contributed by atoms with Crippen molar-refractivity contribution in [1.29, 1.82) is 0 Å². The molecular formula is C17H17N3O2S. The van der Waals surface area contributed by atoms with Crippen LogP contribution in [-0.4, -0.2) is 15.5 Å². The standard InChI is InChI=1S/C17H17N3O2S/c1-3-12-8-13-16(23-12)18-10-20(17(13)22)9-15(21)19-14-7-5-4-6-11(14)2/h4-8,10H,3,9H2,1-2H3,(H,19,21). The van der Waals surface area contributed by atoms with Gasteiger partial charge in [-0.2, -0.15) is 0 Å². The molecular weight excluding hydrogens is 310 g/mol. The van der Waals surface area contributed by atoms with Crippen molar-refractivity contribution < 1.29 is 4.79 Å². The summed E-state index contributed by atoms with van der Waals surface area (Å²) in [5.41, 5.74) is 1.56. The van der Waals surface area contributed by atoms with Crippen molar-refractivity contribution in [1.82, 2.24) is 9.55 Å². The van der Waals surface area contributed by atoms with E-state index in [1.54, 1.807) is 0 Å². The number of aromatic nitrogens is 2. The Morgan fingerprint density at radius 1 is 1.35 bits per heavy atom. The Morgan fingerprint density at radius 3 is 2.87 bits per heavy atom. The Hall–Kier alpha value is -2.47. The number of para-hydroxylation sites is 1. The number of hydrogen-bond donors (Lipinski definition) is 1. The van der Waals surface area contributed by atoms with E-state index < -0.39 is 0 Å². The van der Waals surface area contributed by atoms with E-state index in [1.165, 1.54) is 22.2 Å². The maximum Gasteiger partial charge on any atom is 0.262 e. The highest BCUT2D eigenvalue weighted by Gasteiger charge is 2.11. The molecule has 0 aliphatic carbocycles. The van der Waals surface area contributed by atoms with Crippen LogP contribution in [0.1, 0.15) is 17.4 Å². The summed E-state index contributed by atoms with van der Waals surface area (Å²) in [6.07, 6.45) is 2.31. The first-order valence-corrected chi connectivity index (χ1v) is 8.23. The van der Waals surface area contributed by atoms with Gasteiger partial charge >= 0.3 is 0 Å². The molecule has 0 bridgehead atoms. The Bertz CT molecular complexity index is 927. The topological polar surface area (TPSA) is 64.0 Å². The minimum Gasteiger partial charge on any atom is -0.324 e. The number of aryl methyl sites for hydroxylation is 2. The number of anilines is 1. The van der Waals surface area contributed by atoms with E-state index in [0.29, 0.717) is 5.39 Å². The molecule has 0 saturated carbocycles. The van der Waals surface area contributed by atoms with Crippen LogP contribution in [0, 0.1) is 6.92 Å². The van der Waals surface area contributed by atoms with Crippen LogP contribution in [0.3, 0.4) is 0 Å². The largest absolute Gasteiger partial charge is 0.324 e. The van der Waals surface area contributed by atoms with E-state index in [9.17, 15) is 9.59 Å². The van der Waals surface area contributed by atoms with Gasteiger partial charge < -0.3 is 5.32 Å². The van der Waals surface area contributed by atoms with Gasteiger partial charge in [-0.15, -0.1) is 11.3 Å². The van der Waals surface area contributed by atoms with Gasteiger partial charge in [-0.05, 0) is 31.0 Å². The van der Waals surface area contributed by atoms with Crippen LogP contribution >= 0.6 is 11.3 Å². The Balaban J connectivity index is 1.84. The number of hydrogen-bond acceptors (Lipinski definition) is 4. The fourth-order valence-corrected chi connectivity index (χ4v) is 3.28. The minimum absolute atomic E-state index is 0.0482. The van der Waals surface area contributed by atoms with E-state index in [-0.39, 0.29) is 18.0 Å². The number of thiophene rings is 1. The molecule has 0 aliphatic heterocycles. The molecule has 3 aromatic rings. The molecule has 2 aromatic heterocycles. The highest BCUT2D eigenvalue weighted by Crippen LogP contribution is 2.21. The van der Waals surface area contributed by atoms with Crippen molar-refractivity contribution in [3.63, 3.8) is 0 Å². The monoisotopic (exact) mass is 327 g/mol. The fraction of sp³-hybridized carbons (Fsp3) is 0.235. The molecule has 0 aliphatic rings. The third-order valence-corrected chi connectivity index (χ3v) is 4.84. The van der Waals surface area contributed by atoms with E-state index in [4.69, 9.17) is 0 Å². The normalized spacial score (nSPS) is 10.9. The maximum absolute atomic E-state index is 12.5. The molecule has 0 unspecified atom stereocenters. The van der Waals surface area contributed by atoms with Crippen LogP contribution in [0.4, 0.5) is 5.69 Å². The fourth-order valence-electron chi connectivity index (χ4n) is 2.35. The lowest BCUT2D eigenvalue weighted by Gasteiger charge is -2.09. The van der Waals surface area contributed by atoms with Crippen molar-refractivity contribution >= 4 is 33.1 Å². The van der Waals surface area contributed by atoms with E-state index >= 15 is 0 Å². The molecule has 1 N–H and O–H groups in total. The molecule has 1 aromatic carbocycles. The molecule has 2 heterocycles. The van der Waals surface area contributed by atoms with E-state index in [2.05, 4.69) is 10.3 Å². The van der Waals surface area contributed by atoms with Crippen LogP contribution in [0.15, 0.2) is 41.5 Å². The zero-order chi connectivity index (χ0) is 16.4. The lowest BCUT2D eigenvalue weighted by molar-refractivity contribution is -0.116. The first kappa shape index (κ1) is 15.4. The first-order valence-electron chi connectivity index (χ1n) is 7.42. The van der Waals surface area contributed by atoms with Crippen molar-refractivity contribution in [2.75, 3.05) is 5.32 Å². The summed E-state index contributed by atoms with van der Waals surface area (Å²) in [6.45, 7) is 3.92. The van der Waals surface area contributed by atoms with Crippen LogP contribution in [0.5, 0.6) is 0 Å². The van der Waals surface area contributed by atoms with Gasteiger partial charge in [0.2, 0.25) is 5.91 Å².